The molecule has 5 heteroatoms. The lowest BCUT2D eigenvalue weighted by Crippen LogP contribution is -2.24. The zero-order valence-electron chi connectivity index (χ0n) is 19.6. The van der Waals surface area contributed by atoms with Crippen LogP contribution in [-0.2, 0) is 0 Å². The maximum atomic E-state index is 14.6. The molecule has 1 saturated carbocycles. The second-order valence-electron chi connectivity index (χ2n) is 9.06. The second-order valence-corrected chi connectivity index (χ2v) is 9.06. The largest absolute Gasteiger partial charge is 0.248 e. The van der Waals surface area contributed by atoms with Crippen LogP contribution in [0.1, 0.15) is 99.3 Å². The molecule has 0 atom stereocenters. The molecule has 0 spiro atoms. The van der Waals surface area contributed by atoms with Crippen LogP contribution < -0.4 is 0 Å². The van der Waals surface area contributed by atoms with Crippen LogP contribution in [0.25, 0.3) is 6.08 Å². The third-order valence-corrected chi connectivity index (χ3v) is 6.38. The summed E-state index contributed by atoms with van der Waals surface area (Å²) in [5, 5.41) is 0. The van der Waals surface area contributed by atoms with Gasteiger partial charge < -0.3 is 0 Å². The molecule has 0 heterocycles. The molecule has 0 radical (unpaired) electrons. The minimum Gasteiger partial charge on any atom is -0.207 e. The highest BCUT2D eigenvalue weighted by molar-refractivity contribution is 5.53. The van der Waals surface area contributed by atoms with Crippen molar-refractivity contribution in [2.24, 2.45) is 0 Å². The van der Waals surface area contributed by atoms with Crippen LogP contribution in [0.4, 0.5) is 22.0 Å². The number of halogens is 5. The van der Waals surface area contributed by atoms with E-state index in [0.29, 0.717) is 0 Å². The van der Waals surface area contributed by atoms with E-state index in [9.17, 15) is 22.0 Å². The summed E-state index contributed by atoms with van der Waals surface area (Å²) in [5.74, 6) is -0.803. The van der Waals surface area contributed by atoms with Gasteiger partial charge in [-0.2, -0.15) is 0 Å². The maximum Gasteiger partial charge on any atom is 0.248 e. The maximum absolute atomic E-state index is 14.6. The minimum atomic E-state index is -2.74. The van der Waals surface area contributed by atoms with E-state index in [1.54, 1.807) is 6.07 Å². The van der Waals surface area contributed by atoms with Gasteiger partial charge in [-0.25, -0.2) is 22.0 Å². The van der Waals surface area contributed by atoms with Gasteiger partial charge in [-0.15, -0.1) is 0 Å². The van der Waals surface area contributed by atoms with E-state index >= 15 is 0 Å². The Hall–Kier alpha value is -2.61. The monoisotopic (exact) mass is 474 g/mol. The molecule has 3 rings (SSSR count). The Balaban J connectivity index is 1.64. The van der Waals surface area contributed by atoms with Crippen molar-refractivity contribution in [1.82, 2.24) is 0 Å². The fraction of sp³-hybridized carbons (Fsp3) is 0.448. The van der Waals surface area contributed by atoms with Gasteiger partial charge in [-0.3, -0.25) is 0 Å². The molecule has 0 unspecified atom stereocenters. The smallest absolute Gasteiger partial charge is 0.207 e. The molecule has 182 valence electrons. The summed E-state index contributed by atoms with van der Waals surface area (Å²) in [4.78, 5) is 0. The number of hydrogen-bond donors (Lipinski definition) is 0. The summed E-state index contributed by atoms with van der Waals surface area (Å²) in [6.45, 7) is 2.18. The molecule has 0 bridgehead atoms. The molecule has 1 fully saturated rings. The molecule has 0 N–H and O–H groups in total. The molecule has 2 aromatic carbocycles. The quantitative estimate of drug-likeness (QED) is 0.203. The molecule has 2 aromatic rings. The highest BCUT2D eigenvalue weighted by Gasteiger charge is 2.36. The van der Waals surface area contributed by atoms with Gasteiger partial charge in [0, 0.05) is 12.8 Å². The van der Waals surface area contributed by atoms with E-state index in [4.69, 9.17) is 0 Å². The second kappa shape index (κ2) is 12.2. The van der Waals surface area contributed by atoms with Crippen molar-refractivity contribution in [2.75, 3.05) is 0 Å². The van der Waals surface area contributed by atoms with E-state index in [1.165, 1.54) is 49.9 Å². The first-order chi connectivity index (χ1) is 16.3. The Bertz CT molecular complexity index is 1050. The molecular formula is C29H31F5. The highest BCUT2D eigenvalue weighted by Crippen LogP contribution is 2.41. The van der Waals surface area contributed by atoms with Crippen LogP contribution >= 0.6 is 0 Å². The Morgan fingerprint density at radius 2 is 1.56 bits per heavy atom. The van der Waals surface area contributed by atoms with Crippen LogP contribution in [0.3, 0.4) is 0 Å². The van der Waals surface area contributed by atoms with Gasteiger partial charge in [0.25, 0.3) is 0 Å². The van der Waals surface area contributed by atoms with Crippen LogP contribution in [0, 0.1) is 29.3 Å². The molecule has 1 aliphatic carbocycles. The average molecular weight is 475 g/mol. The minimum absolute atomic E-state index is 0.0927. The molecule has 0 nitrogen and oxygen atoms in total. The van der Waals surface area contributed by atoms with Gasteiger partial charge in [0.05, 0.1) is 11.1 Å². The molecule has 0 saturated heterocycles. The number of alkyl halides is 2. The van der Waals surface area contributed by atoms with Crippen LogP contribution in [0.2, 0.25) is 0 Å². The van der Waals surface area contributed by atoms with Gasteiger partial charge in [0.15, 0.2) is 11.6 Å². The number of unbranched alkanes of at least 4 members (excludes halogenated alkanes) is 5. The molecule has 0 amide bonds. The third-order valence-electron chi connectivity index (χ3n) is 6.38. The predicted molar refractivity (Wildman–Crippen MR) is 127 cm³/mol. The van der Waals surface area contributed by atoms with Crippen molar-refractivity contribution in [3.8, 4) is 11.8 Å². The van der Waals surface area contributed by atoms with E-state index < -0.39 is 29.3 Å². The lowest BCUT2D eigenvalue weighted by Gasteiger charge is -2.28. The number of allylic oxidation sites excluding steroid dienone is 1. The number of benzene rings is 2. The van der Waals surface area contributed by atoms with Crippen molar-refractivity contribution >= 4 is 6.08 Å². The summed E-state index contributed by atoms with van der Waals surface area (Å²) in [5.41, 5.74) is 0.728. The summed E-state index contributed by atoms with van der Waals surface area (Å²) in [6, 6.07) is 7.37. The predicted octanol–water partition coefficient (Wildman–Crippen LogP) is 9.17. The first-order valence-electron chi connectivity index (χ1n) is 12.1. The molecular weight excluding hydrogens is 443 g/mol. The molecule has 0 aromatic heterocycles. The van der Waals surface area contributed by atoms with Crippen molar-refractivity contribution in [1.29, 1.82) is 0 Å². The first-order valence-corrected chi connectivity index (χ1v) is 12.1. The van der Waals surface area contributed by atoms with Gasteiger partial charge in [-0.05, 0) is 60.9 Å². The average Bonchev–Trinajstić information content (AvgIpc) is 2.81. The number of hydrogen-bond acceptors (Lipinski definition) is 0. The van der Waals surface area contributed by atoms with Crippen LogP contribution in [0.15, 0.2) is 36.4 Å². The van der Waals surface area contributed by atoms with E-state index in [-0.39, 0.29) is 42.4 Å². The fourth-order valence-electron chi connectivity index (χ4n) is 4.28. The van der Waals surface area contributed by atoms with Crippen LogP contribution in [0.5, 0.6) is 0 Å². The Morgan fingerprint density at radius 3 is 2.26 bits per heavy atom. The fourth-order valence-corrected chi connectivity index (χ4v) is 4.28. The SMILES string of the molecule is CCCCCCC/C=C/c1ccc(C#Cc2ccc(C3CCC(F)(F)CC3)c(F)c2F)c(F)c1. The summed E-state index contributed by atoms with van der Waals surface area (Å²) in [6.07, 6.45) is 10.4. The standard InChI is InChI=1S/C29H31F5/c1-2-3-4-5-6-7-8-9-21-10-11-23(26(30)20-21)12-13-24-14-15-25(28(32)27(24)31)22-16-18-29(33,34)19-17-22/h8-11,14-15,20,22H,2-7,16-19H2,1H3/b9-8+. The zero-order valence-corrected chi connectivity index (χ0v) is 19.6. The van der Waals surface area contributed by atoms with Gasteiger partial charge >= 0.3 is 0 Å². The summed E-state index contributed by atoms with van der Waals surface area (Å²) < 4.78 is 70.4. The normalized spacial score (nSPS) is 15.9. The third kappa shape index (κ3) is 7.19. The van der Waals surface area contributed by atoms with Gasteiger partial charge in [0.1, 0.15) is 5.82 Å². The molecule has 0 aliphatic heterocycles. The van der Waals surface area contributed by atoms with Gasteiger partial charge in [-0.1, -0.05) is 68.7 Å². The summed E-state index contributed by atoms with van der Waals surface area (Å²) >= 11 is 0. The van der Waals surface area contributed by atoms with Crippen LogP contribution in [-0.4, -0.2) is 5.92 Å². The van der Waals surface area contributed by atoms with Crippen molar-refractivity contribution in [2.45, 2.75) is 83.0 Å². The zero-order chi connectivity index (χ0) is 24.6. The van der Waals surface area contributed by atoms with E-state index in [1.807, 2.05) is 12.2 Å². The Morgan fingerprint density at radius 1 is 0.882 bits per heavy atom. The van der Waals surface area contributed by atoms with Gasteiger partial charge in [0.2, 0.25) is 5.92 Å². The first kappa shape index (κ1) is 26.0. The lowest BCUT2D eigenvalue weighted by atomic mass is 9.82. The highest BCUT2D eigenvalue weighted by atomic mass is 19.3. The van der Waals surface area contributed by atoms with E-state index in [2.05, 4.69) is 18.8 Å². The summed E-state index contributed by atoms with van der Waals surface area (Å²) in [7, 11) is 0. The Kier molecular flexibility index (Phi) is 9.33. The lowest BCUT2D eigenvalue weighted by molar-refractivity contribution is -0.0384. The van der Waals surface area contributed by atoms with Crippen molar-refractivity contribution < 1.29 is 22.0 Å². The van der Waals surface area contributed by atoms with Crippen molar-refractivity contribution in [3.63, 3.8) is 0 Å². The molecule has 1 aliphatic rings. The van der Waals surface area contributed by atoms with Crippen molar-refractivity contribution in [3.05, 3.63) is 76.1 Å². The number of rotatable bonds is 8. The molecule has 34 heavy (non-hydrogen) atoms. The topological polar surface area (TPSA) is 0 Å². The Labute approximate surface area is 199 Å². The van der Waals surface area contributed by atoms with E-state index in [0.717, 1.165) is 18.4 Å².